The van der Waals surface area contributed by atoms with Crippen LogP contribution in [0.25, 0.3) is 0 Å². The molecule has 0 aromatic carbocycles. The monoisotopic (exact) mass is 241 g/mol. The van der Waals surface area contributed by atoms with Gasteiger partial charge in [0.2, 0.25) is 11.8 Å². The third-order valence-electron chi connectivity index (χ3n) is 3.21. The minimum atomic E-state index is -0.529. The molecular weight excluding hydrogens is 218 g/mol. The van der Waals surface area contributed by atoms with Gasteiger partial charge < -0.3 is 16.0 Å². The lowest BCUT2D eigenvalue weighted by Gasteiger charge is -2.34. The number of nitrogens with one attached hydrogen (secondary N) is 3. The zero-order valence-electron chi connectivity index (χ0n) is 10.9. The van der Waals surface area contributed by atoms with Crippen LogP contribution in [0.15, 0.2) is 0 Å². The zero-order chi connectivity index (χ0) is 12.9. The van der Waals surface area contributed by atoms with E-state index in [0.717, 1.165) is 25.8 Å². The van der Waals surface area contributed by atoms with Crippen LogP contribution in [-0.2, 0) is 9.59 Å². The first-order valence-corrected chi connectivity index (χ1v) is 6.33. The second-order valence-corrected chi connectivity index (χ2v) is 4.81. The van der Waals surface area contributed by atoms with Gasteiger partial charge in [-0.1, -0.05) is 0 Å². The highest BCUT2D eigenvalue weighted by molar-refractivity contribution is 5.91. The van der Waals surface area contributed by atoms with Gasteiger partial charge in [0, 0.05) is 6.54 Å². The Morgan fingerprint density at radius 1 is 1.41 bits per heavy atom. The highest BCUT2D eigenvalue weighted by Crippen LogP contribution is 2.18. The summed E-state index contributed by atoms with van der Waals surface area (Å²) in [6.07, 6.45) is 2.97. The third-order valence-corrected chi connectivity index (χ3v) is 3.21. The zero-order valence-corrected chi connectivity index (χ0v) is 10.9. The summed E-state index contributed by atoms with van der Waals surface area (Å²) in [4.78, 5) is 23.6. The molecule has 1 aliphatic rings. The molecule has 17 heavy (non-hydrogen) atoms. The SMILES string of the molecule is CCNC(=O)C(C)NC(=O)C1(C)CCCCN1. The van der Waals surface area contributed by atoms with E-state index in [9.17, 15) is 9.59 Å². The molecule has 1 heterocycles. The molecule has 5 heteroatoms. The fraction of sp³-hybridized carbons (Fsp3) is 0.833. The summed E-state index contributed by atoms with van der Waals surface area (Å²) in [5.41, 5.74) is -0.529. The molecule has 0 aromatic heterocycles. The van der Waals surface area contributed by atoms with Gasteiger partial charge >= 0.3 is 0 Å². The maximum Gasteiger partial charge on any atom is 0.242 e. The van der Waals surface area contributed by atoms with Gasteiger partial charge in [0.05, 0.1) is 5.54 Å². The maximum atomic E-state index is 12.1. The van der Waals surface area contributed by atoms with Crippen LogP contribution >= 0.6 is 0 Å². The van der Waals surface area contributed by atoms with Crippen molar-refractivity contribution in [1.82, 2.24) is 16.0 Å². The molecule has 1 saturated heterocycles. The fourth-order valence-electron chi connectivity index (χ4n) is 2.00. The van der Waals surface area contributed by atoms with Crippen LogP contribution in [0.3, 0.4) is 0 Å². The summed E-state index contributed by atoms with van der Waals surface area (Å²) in [5, 5.41) is 8.68. The predicted octanol–water partition coefficient (Wildman–Crippen LogP) is 0.159. The summed E-state index contributed by atoms with van der Waals surface area (Å²) < 4.78 is 0. The normalized spacial score (nSPS) is 26.1. The molecule has 5 nitrogen and oxygen atoms in total. The summed E-state index contributed by atoms with van der Waals surface area (Å²) in [6, 6.07) is -0.483. The van der Waals surface area contributed by atoms with E-state index in [-0.39, 0.29) is 11.8 Å². The van der Waals surface area contributed by atoms with Gasteiger partial charge in [-0.15, -0.1) is 0 Å². The Kier molecular flexibility index (Phi) is 4.93. The topological polar surface area (TPSA) is 70.2 Å². The largest absolute Gasteiger partial charge is 0.355 e. The van der Waals surface area contributed by atoms with Crippen LogP contribution < -0.4 is 16.0 Å². The molecule has 0 bridgehead atoms. The Balaban J connectivity index is 2.50. The van der Waals surface area contributed by atoms with Gasteiger partial charge in [-0.2, -0.15) is 0 Å². The number of carbonyl (C=O) groups is 2. The minimum absolute atomic E-state index is 0.0871. The summed E-state index contributed by atoms with van der Waals surface area (Å²) in [6.45, 7) is 6.89. The van der Waals surface area contributed by atoms with Crippen molar-refractivity contribution in [2.24, 2.45) is 0 Å². The molecule has 2 unspecified atom stereocenters. The maximum absolute atomic E-state index is 12.1. The quantitative estimate of drug-likeness (QED) is 0.656. The van der Waals surface area contributed by atoms with Crippen molar-refractivity contribution in [1.29, 1.82) is 0 Å². The van der Waals surface area contributed by atoms with Crippen LogP contribution in [0, 0.1) is 0 Å². The Morgan fingerprint density at radius 2 is 2.12 bits per heavy atom. The molecule has 0 aromatic rings. The van der Waals surface area contributed by atoms with Gasteiger partial charge in [-0.25, -0.2) is 0 Å². The smallest absolute Gasteiger partial charge is 0.242 e. The van der Waals surface area contributed by atoms with Crippen LogP contribution in [-0.4, -0.2) is 36.5 Å². The first-order chi connectivity index (χ1) is 7.99. The molecule has 2 atom stereocenters. The Bertz CT molecular complexity index is 285. The number of rotatable bonds is 4. The van der Waals surface area contributed by atoms with E-state index in [4.69, 9.17) is 0 Å². The molecule has 1 aliphatic heterocycles. The molecule has 98 valence electrons. The second kappa shape index (κ2) is 6.00. The molecule has 0 aliphatic carbocycles. The van der Waals surface area contributed by atoms with E-state index < -0.39 is 11.6 Å². The predicted molar refractivity (Wildman–Crippen MR) is 66.5 cm³/mol. The summed E-state index contributed by atoms with van der Waals surface area (Å²) >= 11 is 0. The number of hydrogen-bond donors (Lipinski definition) is 3. The van der Waals surface area contributed by atoms with Crippen LogP contribution in [0.2, 0.25) is 0 Å². The van der Waals surface area contributed by atoms with E-state index in [1.165, 1.54) is 0 Å². The first-order valence-electron chi connectivity index (χ1n) is 6.33. The van der Waals surface area contributed by atoms with E-state index in [0.29, 0.717) is 6.54 Å². The van der Waals surface area contributed by atoms with Gasteiger partial charge in [-0.3, -0.25) is 9.59 Å². The number of piperidine rings is 1. The molecule has 0 radical (unpaired) electrons. The number of carbonyl (C=O) groups excluding carboxylic acids is 2. The van der Waals surface area contributed by atoms with Crippen molar-refractivity contribution in [3.05, 3.63) is 0 Å². The van der Waals surface area contributed by atoms with Crippen molar-refractivity contribution in [3.63, 3.8) is 0 Å². The standard InChI is InChI=1S/C12H23N3O2/c1-4-13-10(16)9(2)15-11(17)12(3)7-5-6-8-14-12/h9,14H,4-8H2,1-3H3,(H,13,16)(H,15,17). The second-order valence-electron chi connectivity index (χ2n) is 4.81. The third kappa shape index (κ3) is 3.70. The van der Waals surface area contributed by atoms with Crippen molar-refractivity contribution in [3.8, 4) is 0 Å². The Labute approximate surface area is 103 Å². The molecule has 2 amide bonds. The van der Waals surface area contributed by atoms with Crippen molar-refractivity contribution in [2.45, 2.75) is 51.6 Å². The van der Waals surface area contributed by atoms with Crippen LogP contribution in [0.1, 0.15) is 40.0 Å². The molecule has 0 spiro atoms. The van der Waals surface area contributed by atoms with Gasteiger partial charge in [-0.05, 0) is 46.6 Å². The number of amides is 2. The van der Waals surface area contributed by atoms with Crippen LogP contribution in [0.4, 0.5) is 0 Å². The van der Waals surface area contributed by atoms with Crippen molar-refractivity contribution in [2.75, 3.05) is 13.1 Å². The number of hydrogen-bond acceptors (Lipinski definition) is 3. The lowest BCUT2D eigenvalue weighted by Crippen LogP contribution is -2.60. The minimum Gasteiger partial charge on any atom is -0.355 e. The molecule has 1 fully saturated rings. The van der Waals surface area contributed by atoms with E-state index in [2.05, 4.69) is 16.0 Å². The average molecular weight is 241 g/mol. The highest BCUT2D eigenvalue weighted by atomic mass is 16.2. The van der Waals surface area contributed by atoms with E-state index >= 15 is 0 Å². The van der Waals surface area contributed by atoms with Gasteiger partial charge in [0.25, 0.3) is 0 Å². The molecule has 3 N–H and O–H groups in total. The summed E-state index contributed by atoms with van der Waals surface area (Å²) in [5.74, 6) is -0.226. The lowest BCUT2D eigenvalue weighted by molar-refractivity contribution is -0.132. The van der Waals surface area contributed by atoms with Crippen LogP contribution in [0.5, 0.6) is 0 Å². The molecular formula is C12H23N3O2. The Hall–Kier alpha value is -1.10. The molecule has 1 rings (SSSR count). The van der Waals surface area contributed by atoms with Crippen molar-refractivity contribution >= 4 is 11.8 Å². The molecule has 0 saturated carbocycles. The van der Waals surface area contributed by atoms with Gasteiger partial charge in [0.1, 0.15) is 6.04 Å². The van der Waals surface area contributed by atoms with Crippen molar-refractivity contribution < 1.29 is 9.59 Å². The Morgan fingerprint density at radius 3 is 2.65 bits per heavy atom. The average Bonchev–Trinajstić information content (AvgIpc) is 2.30. The summed E-state index contributed by atoms with van der Waals surface area (Å²) in [7, 11) is 0. The van der Waals surface area contributed by atoms with E-state index in [1.807, 2.05) is 13.8 Å². The number of likely N-dealkylation sites (N-methyl/N-ethyl adjacent to an activating group) is 1. The first kappa shape index (κ1) is 14.0. The van der Waals surface area contributed by atoms with E-state index in [1.54, 1.807) is 6.92 Å². The fourth-order valence-corrected chi connectivity index (χ4v) is 2.00. The van der Waals surface area contributed by atoms with Gasteiger partial charge in [0.15, 0.2) is 0 Å². The highest BCUT2D eigenvalue weighted by Gasteiger charge is 2.35. The lowest BCUT2D eigenvalue weighted by atomic mass is 9.90.